The smallest absolute Gasteiger partial charge is 0.245 e. The van der Waals surface area contributed by atoms with Gasteiger partial charge in [-0.15, -0.1) is 0 Å². The standard InChI is InChI=1S/C18H24N2O/c1-12(13-7-5-4-6-8-13)20-16(21)18-10-9-14(17(18,2)3)11-15(18)19-20/h4-8,12,14-15,19H,9-11H2,1-3H3/t12-,14-,15?,18+/m1/s1. The average Bonchev–Trinajstić information content (AvgIpc) is 3.02. The minimum absolute atomic E-state index is 0.0912. The number of rotatable bonds is 2. The largest absolute Gasteiger partial charge is 0.273 e. The predicted octanol–water partition coefficient (Wildman–Crippen LogP) is 3.29. The van der Waals surface area contributed by atoms with E-state index < -0.39 is 0 Å². The molecule has 3 heteroatoms. The van der Waals surface area contributed by atoms with Crippen LogP contribution in [0.3, 0.4) is 0 Å². The van der Waals surface area contributed by atoms with E-state index in [1.807, 2.05) is 23.2 Å². The maximum atomic E-state index is 13.3. The van der Waals surface area contributed by atoms with Crippen molar-refractivity contribution in [2.75, 3.05) is 0 Å². The van der Waals surface area contributed by atoms with Crippen LogP contribution in [-0.4, -0.2) is 17.0 Å². The van der Waals surface area contributed by atoms with Crippen molar-refractivity contribution in [1.29, 1.82) is 0 Å². The maximum absolute atomic E-state index is 13.3. The van der Waals surface area contributed by atoms with E-state index in [1.165, 1.54) is 12.0 Å². The first-order chi connectivity index (χ1) is 9.98. The molecule has 1 heterocycles. The van der Waals surface area contributed by atoms with E-state index in [4.69, 9.17) is 0 Å². The summed E-state index contributed by atoms with van der Waals surface area (Å²) in [4.78, 5) is 13.3. The van der Waals surface area contributed by atoms with Crippen LogP contribution in [0.2, 0.25) is 0 Å². The number of benzene rings is 1. The molecule has 4 atom stereocenters. The molecule has 2 bridgehead atoms. The minimum atomic E-state index is -0.166. The summed E-state index contributed by atoms with van der Waals surface area (Å²) in [5.74, 6) is 1.03. The fourth-order valence-corrected chi connectivity index (χ4v) is 5.27. The van der Waals surface area contributed by atoms with Crippen molar-refractivity contribution in [2.24, 2.45) is 16.7 Å². The van der Waals surface area contributed by atoms with Crippen LogP contribution >= 0.6 is 0 Å². The van der Waals surface area contributed by atoms with Gasteiger partial charge in [-0.1, -0.05) is 44.2 Å². The molecule has 3 aliphatic rings. The fraction of sp³-hybridized carbons (Fsp3) is 0.611. The molecule has 3 fully saturated rings. The molecule has 112 valence electrons. The second-order valence-corrected chi connectivity index (χ2v) is 7.61. The summed E-state index contributed by atoms with van der Waals surface area (Å²) < 4.78 is 0. The van der Waals surface area contributed by atoms with Gasteiger partial charge in [0.1, 0.15) is 0 Å². The summed E-state index contributed by atoms with van der Waals surface area (Å²) in [5, 5.41) is 1.92. The van der Waals surface area contributed by atoms with Crippen molar-refractivity contribution in [3.63, 3.8) is 0 Å². The Bertz CT molecular complexity index is 582. The zero-order valence-corrected chi connectivity index (χ0v) is 13.1. The third-order valence-corrected chi connectivity index (χ3v) is 6.74. The lowest BCUT2D eigenvalue weighted by atomic mass is 9.67. The van der Waals surface area contributed by atoms with E-state index >= 15 is 0 Å². The molecule has 1 spiro atoms. The number of hydrazine groups is 1. The Hall–Kier alpha value is -1.35. The molecule has 0 aromatic heterocycles. The van der Waals surface area contributed by atoms with Crippen LogP contribution in [0.5, 0.6) is 0 Å². The molecule has 1 saturated heterocycles. The fourth-order valence-electron chi connectivity index (χ4n) is 5.27. The summed E-state index contributed by atoms with van der Waals surface area (Å²) in [6.45, 7) is 6.74. The van der Waals surface area contributed by atoms with Gasteiger partial charge in [0.05, 0.1) is 11.5 Å². The quantitative estimate of drug-likeness (QED) is 0.904. The summed E-state index contributed by atoms with van der Waals surface area (Å²) >= 11 is 0. The first-order valence-electron chi connectivity index (χ1n) is 8.13. The summed E-state index contributed by atoms with van der Waals surface area (Å²) in [6.07, 6.45) is 3.42. The Morgan fingerprint density at radius 3 is 2.62 bits per heavy atom. The van der Waals surface area contributed by atoms with Gasteiger partial charge in [-0.25, -0.2) is 5.43 Å². The molecular formula is C18H24N2O. The molecule has 3 nitrogen and oxygen atoms in total. The predicted molar refractivity (Wildman–Crippen MR) is 82.2 cm³/mol. The highest BCUT2D eigenvalue weighted by Crippen LogP contribution is 2.68. The van der Waals surface area contributed by atoms with Crippen LogP contribution in [0.1, 0.15) is 51.6 Å². The normalized spacial score (nSPS) is 37.9. The number of nitrogens with one attached hydrogen (secondary N) is 1. The van der Waals surface area contributed by atoms with E-state index in [0.717, 1.165) is 12.8 Å². The van der Waals surface area contributed by atoms with Crippen molar-refractivity contribution in [3.05, 3.63) is 35.9 Å². The van der Waals surface area contributed by atoms with Gasteiger partial charge in [-0.2, -0.15) is 0 Å². The van der Waals surface area contributed by atoms with E-state index in [-0.39, 0.29) is 16.9 Å². The Morgan fingerprint density at radius 2 is 2.00 bits per heavy atom. The number of nitrogens with zero attached hydrogens (tertiary/aromatic N) is 1. The van der Waals surface area contributed by atoms with E-state index in [0.29, 0.717) is 17.9 Å². The molecule has 2 aliphatic carbocycles. The van der Waals surface area contributed by atoms with Crippen molar-refractivity contribution < 1.29 is 4.79 Å². The van der Waals surface area contributed by atoms with Gasteiger partial charge in [0.25, 0.3) is 0 Å². The minimum Gasteiger partial charge on any atom is -0.273 e. The van der Waals surface area contributed by atoms with Crippen molar-refractivity contribution in [2.45, 2.75) is 52.1 Å². The van der Waals surface area contributed by atoms with E-state index in [9.17, 15) is 4.79 Å². The van der Waals surface area contributed by atoms with Crippen LogP contribution in [0.25, 0.3) is 0 Å². The first-order valence-corrected chi connectivity index (χ1v) is 8.13. The Balaban J connectivity index is 1.69. The summed E-state index contributed by atoms with van der Waals surface area (Å²) in [5.41, 5.74) is 4.72. The molecule has 2 saturated carbocycles. The monoisotopic (exact) mass is 284 g/mol. The highest BCUT2D eigenvalue weighted by atomic mass is 16.2. The topological polar surface area (TPSA) is 32.3 Å². The van der Waals surface area contributed by atoms with Crippen LogP contribution in [0.15, 0.2) is 30.3 Å². The Labute approximate surface area is 126 Å². The van der Waals surface area contributed by atoms with Gasteiger partial charge in [0.2, 0.25) is 5.91 Å². The Morgan fingerprint density at radius 1 is 1.29 bits per heavy atom. The van der Waals surface area contributed by atoms with Crippen molar-refractivity contribution in [3.8, 4) is 0 Å². The Kier molecular flexibility index (Phi) is 2.60. The van der Waals surface area contributed by atoms with Crippen LogP contribution in [-0.2, 0) is 4.79 Å². The zero-order valence-electron chi connectivity index (χ0n) is 13.1. The highest BCUT2D eigenvalue weighted by molar-refractivity contribution is 5.88. The van der Waals surface area contributed by atoms with Gasteiger partial charge < -0.3 is 0 Å². The van der Waals surface area contributed by atoms with Gasteiger partial charge >= 0.3 is 0 Å². The van der Waals surface area contributed by atoms with Crippen LogP contribution in [0.4, 0.5) is 0 Å². The maximum Gasteiger partial charge on any atom is 0.245 e. The SMILES string of the molecule is C[C@H](c1ccccc1)N1NC2C[C@H]3CC[C@]2(C1=O)C3(C)C. The molecule has 1 aromatic rings. The molecular weight excluding hydrogens is 260 g/mol. The molecule has 1 aromatic carbocycles. The second kappa shape index (κ2) is 4.10. The summed E-state index contributed by atoms with van der Waals surface area (Å²) in [7, 11) is 0. The molecule has 1 amide bonds. The van der Waals surface area contributed by atoms with Crippen LogP contribution in [0, 0.1) is 16.7 Å². The number of carbonyl (C=O) groups is 1. The number of hydrogen-bond donors (Lipinski definition) is 1. The van der Waals surface area contributed by atoms with E-state index in [1.54, 1.807) is 0 Å². The third-order valence-electron chi connectivity index (χ3n) is 6.74. The molecule has 0 radical (unpaired) electrons. The van der Waals surface area contributed by atoms with Gasteiger partial charge in [-0.05, 0) is 43.1 Å². The zero-order chi connectivity index (χ0) is 14.8. The van der Waals surface area contributed by atoms with Gasteiger partial charge in [0.15, 0.2) is 0 Å². The molecule has 1 unspecified atom stereocenters. The molecule has 21 heavy (non-hydrogen) atoms. The van der Waals surface area contributed by atoms with Crippen LogP contribution < -0.4 is 5.43 Å². The lowest BCUT2D eigenvalue weighted by Crippen LogP contribution is -2.43. The molecule has 4 rings (SSSR count). The first kappa shape index (κ1) is 13.3. The number of fused-ring (bicyclic) bond motifs is 1. The van der Waals surface area contributed by atoms with Crippen molar-refractivity contribution in [1.82, 2.24) is 10.4 Å². The highest BCUT2D eigenvalue weighted by Gasteiger charge is 2.72. The number of carbonyl (C=O) groups excluding carboxylic acids is 1. The lowest BCUT2D eigenvalue weighted by molar-refractivity contribution is -0.143. The molecule has 1 N–H and O–H groups in total. The van der Waals surface area contributed by atoms with Gasteiger partial charge in [-0.3, -0.25) is 9.80 Å². The van der Waals surface area contributed by atoms with Crippen molar-refractivity contribution >= 4 is 5.91 Å². The third kappa shape index (κ3) is 1.45. The van der Waals surface area contributed by atoms with E-state index in [2.05, 4.69) is 38.3 Å². The molecule has 1 aliphatic heterocycles. The second-order valence-electron chi connectivity index (χ2n) is 7.61. The lowest BCUT2D eigenvalue weighted by Gasteiger charge is -2.35. The summed E-state index contributed by atoms with van der Waals surface area (Å²) in [6, 6.07) is 10.7. The number of hydrogen-bond acceptors (Lipinski definition) is 2. The van der Waals surface area contributed by atoms with Gasteiger partial charge in [0, 0.05) is 6.04 Å². The number of amides is 1. The average molecular weight is 284 g/mol.